The molecule has 0 bridgehead atoms. The number of hydrogen-bond donors (Lipinski definition) is 6. The van der Waals surface area contributed by atoms with Gasteiger partial charge in [0.05, 0.1) is 26.2 Å². The number of aliphatic hydroxyl groups is 6. The van der Waals surface area contributed by atoms with Crippen LogP contribution in [-0.4, -0.2) is 88.3 Å². The first-order chi connectivity index (χ1) is 16.9. The van der Waals surface area contributed by atoms with Gasteiger partial charge in [-0.1, -0.05) is 18.2 Å². The molecule has 7 atom stereocenters. The molecule has 35 heavy (non-hydrogen) atoms. The average molecular weight is 493 g/mol. The molecule has 10 nitrogen and oxygen atoms in total. The highest BCUT2D eigenvalue weighted by Gasteiger charge is 2.45. The Balaban J connectivity index is 1.55. The molecule has 2 aromatic carbocycles. The molecule has 0 spiro atoms. The highest BCUT2D eigenvalue weighted by Crippen LogP contribution is 2.47. The van der Waals surface area contributed by atoms with Crippen molar-refractivity contribution in [1.82, 2.24) is 0 Å². The van der Waals surface area contributed by atoms with E-state index >= 15 is 0 Å². The number of methoxy groups -OCH3 is 1. The smallest absolute Gasteiger partial charge is 0.229 e. The lowest BCUT2D eigenvalue weighted by atomic mass is 9.90. The molecule has 192 valence electrons. The van der Waals surface area contributed by atoms with Crippen LogP contribution in [0.25, 0.3) is 0 Å². The first kappa shape index (κ1) is 25.6. The highest BCUT2D eigenvalue weighted by molar-refractivity contribution is 5.49. The van der Waals surface area contributed by atoms with Crippen LogP contribution in [0, 0.1) is 0 Å². The number of benzene rings is 2. The van der Waals surface area contributed by atoms with Gasteiger partial charge in [0.1, 0.15) is 36.3 Å². The van der Waals surface area contributed by atoms with Crippen molar-refractivity contribution in [3.05, 3.63) is 53.1 Å². The minimum Gasteiger partial charge on any atom is -0.493 e. The quantitative estimate of drug-likeness (QED) is 0.282. The van der Waals surface area contributed by atoms with Crippen molar-refractivity contribution >= 4 is 0 Å². The second-order valence-corrected chi connectivity index (χ2v) is 8.75. The predicted octanol–water partition coefficient (Wildman–Crippen LogP) is 0.00840. The Kier molecular flexibility index (Phi) is 8.12. The molecular formula is C25H32O10. The van der Waals surface area contributed by atoms with Crippen LogP contribution in [0.1, 0.15) is 35.1 Å². The standard InChI is InChI=1S/C25H32O10/c1-32-19-10-14(5-7-18(19)34-25-23(31)22(30)21(29)20(12-28)35-25)24-16(11-27)15-9-13(3-2-8-26)4-6-17(15)33-24/h4-7,9-10,16,20-31H,2-3,8,11-12H2,1H3/t16-,20+,21+,22-,23+,24?,25+/m0/s1. The molecule has 1 fully saturated rings. The van der Waals surface area contributed by atoms with E-state index in [1.807, 2.05) is 18.2 Å². The van der Waals surface area contributed by atoms with Crippen LogP contribution >= 0.6 is 0 Å². The summed E-state index contributed by atoms with van der Waals surface area (Å²) in [6, 6.07) is 10.9. The summed E-state index contributed by atoms with van der Waals surface area (Å²) in [4.78, 5) is 0. The lowest BCUT2D eigenvalue weighted by molar-refractivity contribution is -0.277. The SMILES string of the molecule is COc1cc(C2Oc3ccc(CCCO)cc3[C@@H]2CO)ccc1O[C@@H]1O[C@H](CO)[C@@H](O)[C@H](O)[C@H]1O. The topological polar surface area (TPSA) is 158 Å². The fourth-order valence-corrected chi connectivity index (χ4v) is 4.56. The van der Waals surface area contributed by atoms with Crippen LogP contribution in [-0.2, 0) is 11.2 Å². The van der Waals surface area contributed by atoms with Gasteiger partial charge < -0.3 is 49.6 Å². The number of aliphatic hydroxyl groups excluding tert-OH is 6. The molecule has 1 unspecified atom stereocenters. The zero-order chi connectivity index (χ0) is 25.1. The van der Waals surface area contributed by atoms with E-state index in [0.29, 0.717) is 17.9 Å². The van der Waals surface area contributed by atoms with Gasteiger partial charge in [-0.3, -0.25) is 0 Å². The normalized spacial score (nSPS) is 30.0. The molecule has 2 aliphatic rings. The van der Waals surface area contributed by atoms with E-state index in [2.05, 4.69) is 0 Å². The summed E-state index contributed by atoms with van der Waals surface area (Å²) >= 11 is 0. The van der Waals surface area contributed by atoms with Gasteiger partial charge in [0.2, 0.25) is 6.29 Å². The van der Waals surface area contributed by atoms with E-state index in [1.165, 1.54) is 7.11 Å². The summed E-state index contributed by atoms with van der Waals surface area (Å²) < 4.78 is 22.8. The van der Waals surface area contributed by atoms with E-state index in [0.717, 1.165) is 23.1 Å². The van der Waals surface area contributed by atoms with Crippen molar-refractivity contribution in [2.75, 3.05) is 26.9 Å². The molecule has 2 aromatic rings. The molecule has 1 saturated heterocycles. The molecule has 2 aliphatic heterocycles. The lowest BCUT2D eigenvalue weighted by Gasteiger charge is -2.39. The summed E-state index contributed by atoms with van der Waals surface area (Å²) in [5, 5.41) is 58.9. The van der Waals surface area contributed by atoms with Crippen LogP contribution in [0.2, 0.25) is 0 Å². The Hall–Kier alpha value is -2.44. The fraction of sp³-hybridized carbons (Fsp3) is 0.520. The third-order valence-electron chi connectivity index (χ3n) is 6.52. The maximum atomic E-state index is 10.3. The molecule has 0 amide bonds. The van der Waals surface area contributed by atoms with Crippen molar-refractivity contribution in [3.63, 3.8) is 0 Å². The van der Waals surface area contributed by atoms with Crippen LogP contribution in [0.5, 0.6) is 17.2 Å². The Morgan fingerprint density at radius 2 is 1.69 bits per heavy atom. The van der Waals surface area contributed by atoms with Crippen LogP contribution in [0.15, 0.2) is 36.4 Å². The van der Waals surface area contributed by atoms with Gasteiger partial charge in [-0.05, 0) is 42.2 Å². The van der Waals surface area contributed by atoms with Gasteiger partial charge in [0.15, 0.2) is 11.5 Å². The predicted molar refractivity (Wildman–Crippen MR) is 122 cm³/mol. The van der Waals surface area contributed by atoms with Crippen LogP contribution in [0.4, 0.5) is 0 Å². The molecule has 0 radical (unpaired) electrons. The summed E-state index contributed by atoms with van der Waals surface area (Å²) in [6.07, 6.45) is -6.14. The first-order valence-corrected chi connectivity index (χ1v) is 11.6. The van der Waals surface area contributed by atoms with E-state index in [1.54, 1.807) is 18.2 Å². The average Bonchev–Trinajstić information content (AvgIpc) is 3.25. The second kappa shape index (κ2) is 11.1. The molecule has 0 aromatic heterocycles. The zero-order valence-corrected chi connectivity index (χ0v) is 19.4. The largest absolute Gasteiger partial charge is 0.493 e. The monoisotopic (exact) mass is 492 g/mol. The third kappa shape index (κ3) is 5.10. The Morgan fingerprint density at radius 3 is 2.37 bits per heavy atom. The molecule has 0 aliphatic carbocycles. The van der Waals surface area contributed by atoms with Gasteiger partial charge in [0.25, 0.3) is 0 Å². The van der Waals surface area contributed by atoms with Crippen LogP contribution < -0.4 is 14.2 Å². The van der Waals surface area contributed by atoms with Crippen molar-refractivity contribution in [2.24, 2.45) is 0 Å². The number of rotatable bonds is 9. The summed E-state index contributed by atoms with van der Waals surface area (Å²) in [6.45, 7) is -0.589. The lowest BCUT2D eigenvalue weighted by Crippen LogP contribution is -2.60. The van der Waals surface area contributed by atoms with Crippen molar-refractivity contribution in [3.8, 4) is 17.2 Å². The minimum atomic E-state index is -1.56. The van der Waals surface area contributed by atoms with Gasteiger partial charge in [-0.25, -0.2) is 0 Å². The van der Waals surface area contributed by atoms with Crippen molar-refractivity contribution < 1.29 is 49.6 Å². The summed E-state index contributed by atoms with van der Waals surface area (Å²) in [7, 11) is 1.44. The molecule has 2 heterocycles. The summed E-state index contributed by atoms with van der Waals surface area (Å²) in [5.41, 5.74) is 2.69. The maximum absolute atomic E-state index is 10.3. The number of aryl methyl sites for hydroxylation is 1. The fourth-order valence-electron chi connectivity index (χ4n) is 4.56. The maximum Gasteiger partial charge on any atom is 0.229 e. The van der Waals surface area contributed by atoms with E-state index < -0.39 is 43.4 Å². The Morgan fingerprint density at radius 1 is 0.886 bits per heavy atom. The summed E-state index contributed by atoms with van der Waals surface area (Å²) in [5.74, 6) is 0.894. The van der Waals surface area contributed by atoms with E-state index in [4.69, 9.17) is 24.1 Å². The first-order valence-electron chi connectivity index (χ1n) is 11.6. The molecular weight excluding hydrogens is 460 g/mol. The third-order valence-corrected chi connectivity index (χ3v) is 6.52. The van der Waals surface area contributed by atoms with Gasteiger partial charge in [-0.15, -0.1) is 0 Å². The Bertz CT molecular complexity index is 996. The van der Waals surface area contributed by atoms with Gasteiger partial charge >= 0.3 is 0 Å². The number of ether oxygens (including phenoxy) is 4. The van der Waals surface area contributed by atoms with E-state index in [-0.39, 0.29) is 24.9 Å². The zero-order valence-electron chi connectivity index (χ0n) is 19.4. The van der Waals surface area contributed by atoms with Crippen molar-refractivity contribution in [2.45, 2.75) is 55.6 Å². The van der Waals surface area contributed by atoms with Gasteiger partial charge in [-0.2, -0.15) is 0 Å². The highest BCUT2D eigenvalue weighted by atomic mass is 16.7. The van der Waals surface area contributed by atoms with Crippen molar-refractivity contribution in [1.29, 1.82) is 0 Å². The van der Waals surface area contributed by atoms with Gasteiger partial charge in [0, 0.05) is 12.2 Å². The minimum absolute atomic E-state index is 0.108. The van der Waals surface area contributed by atoms with Crippen LogP contribution in [0.3, 0.4) is 0 Å². The molecule has 4 rings (SSSR count). The molecule has 6 N–H and O–H groups in total. The number of fused-ring (bicyclic) bond motifs is 1. The Labute approximate surface area is 202 Å². The van der Waals surface area contributed by atoms with E-state index in [9.17, 15) is 25.5 Å². The molecule has 0 saturated carbocycles. The molecule has 10 heteroatoms. The second-order valence-electron chi connectivity index (χ2n) is 8.75. The number of hydrogen-bond acceptors (Lipinski definition) is 10.